The molecule has 3 aromatic heterocycles. The maximum Gasteiger partial charge on any atom is 0.234 e. The summed E-state index contributed by atoms with van der Waals surface area (Å²) in [7, 11) is 0. The van der Waals surface area contributed by atoms with Crippen molar-refractivity contribution in [3.05, 3.63) is 169 Å². The van der Waals surface area contributed by atoms with Crippen molar-refractivity contribution >= 4 is 48.5 Å². The smallest absolute Gasteiger partial charge is 0.234 e. The van der Waals surface area contributed by atoms with Crippen LogP contribution in [-0.4, -0.2) is 14.5 Å². The molecular formula is C46H31N3S. The third kappa shape index (κ3) is 4.80. The Kier molecular flexibility index (Phi) is 6.81. The van der Waals surface area contributed by atoms with Gasteiger partial charge in [0.15, 0.2) is 0 Å². The van der Waals surface area contributed by atoms with Crippen LogP contribution in [0.5, 0.6) is 0 Å². The third-order valence-electron chi connectivity index (χ3n) is 9.98. The van der Waals surface area contributed by atoms with E-state index in [9.17, 15) is 0 Å². The van der Waals surface area contributed by atoms with E-state index in [1.165, 1.54) is 70.2 Å². The normalized spacial score (nSPS) is 12.6. The molecule has 0 radical (unpaired) electrons. The molecule has 0 N–H and O–H groups in total. The van der Waals surface area contributed by atoms with Crippen LogP contribution >= 0.6 is 11.3 Å². The summed E-state index contributed by atoms with van der Waals surface area (Å²) in [4.78, 5) is 10.1. The quantitative estimate of drug-likeness (QED) is 0.184. The molecule has 4 heteroatoms. The van der Waals surface area contributed by atoms with E-state index < -0.39 is 0 Å². The van der Waals surface area contributed by atoms with Gasteiger partial charge in [-0.25, -0.2) is 9.97 Å². The molecule has 236 valence electrons. The Bertz CT molecular complexity index is 2750. The van der Waals surface area contributed by atoms with E-state index >= 15 is 0 Å². The lowest BCUT2D eigenvalue weighted by Crippen LogP contribution is -2.07. The number of nitrogens with zero attached hydrogens (tertiary/aromatic N) is 3. The van der Waals surface area contributed by atoms with Crippen LogP contribution < -0.4 is 0 Å². The summed E-state index contributed by atoms with van der Waals surface area (Å²) in [5.41, 5.74) is 12.9. The zero-order valence-corrected chi connectivity index (χ0v) is 28.1. The van der Waals surface area contributed by atoms with Gasteiger partial charge in [0.2, 0.25) is 5.95 Å². The molecule has 0 fully saturated rings. The summed E-state index contributed by atoms with van der Waals surface area (Å²) in [6.07, 6.45) is 8.41. The van der Waals surface area contributed by atoms with Gasteiger partial charge in [-0.3, -0.25) is 4.57 Å². The maximum absolute atomic E-state index is 5.21. The first-order chi connectivity index (χ1) is 24.8. The van der Waals surface area contributed by atoms with Gasteiger partial charge in [-0.05, 0) is 70.5 Å². The fourth-order valence-corrected chi connectivity index (χ4v) is 8.79. The number of allylic oxidation sites excluding steroid dienone is 1. The molecule has 0 spiro atoms. The van der Waals surface area contributed by atoms with E-state index in [-0.39, 0.29) is 0 Å². The standard InChI is InChI=1S/C46H31N3S/c1-2-10-30(11-3-1)33-12-8-13-34(28-33)31-20-22-32(23-21-31)41-26-27-47-46(48-41)49-42-18-6-4-14-37(42)38-25-24-35(29-43(38)49)36-16-9-17-40-39-15-5-7-19-44(39)50-45(36)40/h1-5,7-17,19-29H,6,18H2. The molecule has 0 saturated carbocycles. The minimum absolute atomic E-state index is 0.709. The van der Waals surface area contributed by atoms with Gasteiger partial charge in [-0.15, -0.1) is 11.3 Å². The van der Waals surface area contributed by atoms with Crippen molar-refractivity contribution in [3.8, 4) is 50.6 Å². The Hall–Kier alpha value is -6.10. The molecule has 0 saturated heterocycles. The minimum atomic E-state index is 0.709. The van der Waals surface area contributed by atoms with Crippen LogP contribution in [0.15, 0.2) is 158 Å². The summed E-state index contributed by atoms with van der Waals surface area (Å²) in [5.74, 6) is 0.709. The molecule has 0 amide bonds. The van der Waals surface area contributed by atoms with Crippen LogP contribution in [0, 0.1) is 0 Å². The minimum Gasteiger partial charge on any atom is -0.282 e. The van der Waals surface area contributed by atoms with Gasteiger partial charge in [0.1, 0.15) is 0 Å². The van der Waals surface area contributed by atoms with Crippen LogP contribution in [0.2, 0.25) is 0 Å². The summed E-state index contributed by atoms with van der Waals surface area (Å²) >= 11 is 1.87. The van der Waals surface area contributed by atoms with Crippen LogP contribution in [0.3, 0.4) is 0 Å². The molecule has 1 aliphatic carbocycles. The highest BCUT2D eigenvalue weighted by Crippen LogP contribution is 2.42. The number of hydrogen-bond acceptors (Lipinski definition) is 3. The van der Waals surface area contributed by atoms with Crippen molar-refractivity contribution in [2.24, 2.45) is 0 Å². The van der Waals surface area contributed by atoms with E-state index in [1.54, 1.807) is 0 Å². The Labute approximate surface area is 294 Å². The van der Waals surface area contributed by atoms with Crippen molar-refractivity contribution in [2.75, 3.05) is 0 Å². The molecule has 1 aliphatic rings. The zero-order chi connectivity index (χ0) is 33.0. The highest BCUT2D eigenvalue weighted by Gasteiger charge is 2.21. The van der Waals surface area contributed by atoms with E-state index in [1.807, 2.05) is 23.6 Å². The van der Waals surface area contributed by atoms with Gasteiger partial charge < -0.3 is 0 Å². The lowest BCUT2D eigenvalue weighted by molar-refractivity contribution is 0.847. The van der Waals surface area contributed by atoms with E-state index in [0.717, 1.165) is 29.6 Å². The number of fused-ring (bicyclic) bond motifs is 6. The maximum atomic E-state index is 5.21. The largest absolute Gasteiger partial charge is 0.282 e. The Morgan fingerprint density at radius 1 is 0.560 bits per heavy atom. The van der Waals surface area contributed by atoms with Gasteiger partial charge in [0.25, 0.3) is 0 Å². The van der Waals surface area contributed by atoms with Crippen molar-refractivity contribution < 1.29 is 0 Å². The van der Waals surface area contributed by atoms with E-state index in [0.29, 0.717) is 5.95 Å². The van der Waals surface area contributed by atoms with Gasteiger partial charge in [0, 0.05) is 48.6 Å². The van der Waals surface area contributed by atoms with Crippen LogP contribution in [0.25, 0.3) is 87.7 Å². The zero-order valence-electron chi connectivity index (χ0n) is 27.3. The number of benzene rings is 6. The Balaban J connectivity index is 1.06. The summed E-state index contributed by atoms with van der Waals surface area (Å²) < 4.78 is 4.94. The molecule has 3 heterocycles. The van der Waals surface area contributed by atoms with Crippen LogP contribution in [0.4, 0.5) is 0 Å². The van der Waals surface area contributed by atoms with Gasteiger partial charge in [-0.1, -0.05) is 133 Å². The SMILES string of the molecule is C1=Cc2c(n(-c3nccc(-c4ccc(-c5cccc(-c6ccccc6)c5)cc4)n3)c3cc(-c4cccc5c4sc4ccccc45)ccc23)CC1. The lowest BCUT2D eigenvalue weighted by atomic mass is 9.98. The summed E-state index contributed by atoms with van der Waals surface area (Å²) in [6, 6.07) is 52.3. The number of hydrogen-bond donors (Lipinski definition) is 0. The summed E-state index contributed by atoms with van der Waals surface area (Å²) in [6.45, 7) is 0. The monoisotopic (exact) mass is 657 g/mol. The number of thiophene rings is 1. The number of aromatic nitrogens is 3. The highest BCUT2D eigenvalue weighted by molar-refractivity contribution is 7.26. The second-order valence-electron chi connectivity index (χ2n) is 12.9. The third-order valence-corrected chi connectivity index (χ3v) is 11.2. The van der Waals surface area contributed by atoms with Gasteiger partial charge >= 0.3 is 0 Å². The lowest BCUT2D eigenvalue weighted by Gasteiger charge is -2.13. The Morgan fingerprint density at radius 2 is 1.28 bits per heavy atom. The highest BCUT2D eigenvalue weighted by atomic mass is 32.1. The molecule has 6 aromatic carbocycles. The Morgan fingerprint density at radius 3 is 2.16 bits per heavy atom. The molecular weight excluding hydrogens is 627 g/mol. The fourth-order valence-electron chi connectivity index (χ4n) is 7.55. The van der Waals surface area contributed by atoms with E-state index in [2.05, 4.69) is 156 Å². The molecule has 0 aliphatic heterocycles. The first kappa shape index (κ1) is 28.9. The number of rotatable bonds is 5. The first-order valence-electron chi connectivity index (χ1n) is 17.1. The average molecular weight is 658 g/mol. The fraction of sp³-hybridized carbons (Fsp3) is 0.0435. The topological polar surface area (TPSA) is 30.7 Å². The van der Waals surface area contributed by atoms with Crippen molar-refractivity contribution in [1.82, 2.24) is 14.5 Å². The van der Waals surface area contributed by atoms with Crippen molar-refractivity contribution in [2.45, 2.75) is 12.8 Å². The van der Waals surface area contributed by atoms with E-state index in [4.69, 9.17) is 9.97 Å². The average Bonchev–Trinajstić information content (AvgIpc) is 3.74. The van der Waals surface area contributed by atoms with Crippen LogP contribution in [0.1, 0.15) is 17.7 Å². The molecule has 3 nitrogen and oxygen atoms in total. The van der Waals surface area contributed by atoms with Crippen molar-refractivity contribution in [3.63, 3.8) is 0 Å². The molecule has 0 unspecified atom stereocenters. The van der Waals surface area contributed by atoms with Gasteiger partial charge in [0.05, 0.1) is 11.2 Å². The second-order valence-corrected chi connectivity index (χ2v) is 14.0. The molecule has 9 aromatic rings. The second kappa shape index (κ2) is 11.8. The predicted molar refractivity (Wildman–Crippen MR) is 211 cm³/mol. The molecule has 50 heavy (non-hydrogen) atoms. The first-order valence-corrected chi connectivity index (χ1v) is 17.9. The van der Waals surface area contributed by atoms with Crippen molar-refractivity contribution in [1.29, 1.82) is 0 Å². The molecule has 10 rings (SSSR count). The molecule has 0 atom stereocenters. The van der Waals surface area contributed by atoms with Crippen LogP contribution in [-0.2, 0) is 6.42 Å². The molecule has 0 bridgehead atoms. The summed E-state index contributed by atoms with van der Waals surface area (Å²) in [5, 5.41) is 3.87. The van der Waals surface area contributed by atoms with Gasteiger partial charge in [-0.2, -0.15) is 0 Å². The predicted octanol–water partition coefficient (Wildman–Crippen LogP) is 12.4.